The maximum atomic E-state index is 5.01. The number of allylic oxidation sites excluding steroid dienone is 2. The third-order valence-corrected chi connectivity index (χ3v) is 5.15. The zero-order valence-corrected chi connectivity index (χ0v) is 15.1. The first-order valence-electron chi connectivity index (χ1n) is 9.04. The summed E-state index contributed by atoms with van der Waals surface area (Å²) in [4.78, 5) is 11.9. The third-order valence-electron chi connectivity index (χ3n) is 5.15. The zero-order valence-electron chi connectivity index (χ0n) is 15.1. The molecule has 0 aliphatic rings. The molecule has 0 saturated heterocycles. The first-order chi connectivity index (χ1) is 13.3. The molecule has 0 fully saturated rings. The molecule has 0 radical (unpaired) electrons. The summed E-state index contributed by atoms with van der Waals surface area (Å²) in [6, 6.07) is 17.0. The van der Waals surface area contributed by atoms with Crippen molar-refractivity contribution in [1.29, 1.82) is 0 Å². The maximum Gasteiger partial charge on any atom is 0.140 e. The van der Waals surface area contributed by atoms with Crippen LogP contribution in [0.3, 0.4) is 0 Å². The number of H-pyrrole nitrogens is 2. The minimum absolute atomic E-state index is 0.875. The Bertz CT molecular complexity index is 1280. The average Bonchev–Trinajstić information content (AvgIpc) is 3.30. The van der Waals surface area contributed by atoms with Crippen LogP contribution in [0.1, 0.15) is 11.3 Å². The quantitative estimate of drug-likeness (QED) is 0.288. The van der Waals surface area contributed by atoms with Crippen molar-refractivity contribution in [1.82, 2.24) is 15.0 Å². The number of hydrogen-bond acceptors (Lipinski definition) is 1. The van der Waals surface area contributed by atoms with Crippen molar-refractivity contribution in [2.24, 2.45) is 0 Å². The van der Waals surface area contributed by atoms with Crippen molar-refractivity contribution in [3.63, 3.8) is 0 Å². The molecule has 0 aliphatic heterocycles. The summed E-state index contributed by atoms with van der Waals surface area (Å²) in [5, 5.41) is 4.84. The van der Waals surface area contributed by atoms with Crippen LogP contribution in [0, 0.1) is 6.92 Å². The number of nitrogens with zero attached hydrogens (tertiary/aromatic N) is 1. The second-order valence-electron chi connectivity index (χ2n) is 6.74. The van der Waals surface area contributed by atoms with Gasteiger partial charge in [-0.1, -0.05) is 73.3 Å². The third kappa shape index (κ3) is 2.32. The molecule has 5 aromatic rings. The van der Waals surface area contributed by atoms with Crippen LogP contribution in [0.25, 0.3) is 50.0 Å². The van der Waals surface area contributed by atoms with Crippen LogP contribution in [0.15, 0.2) is 73.5 Å². The Morgan fingerprint density at radius 3 is 2.33 bits per heavy atom. The number of hydrogen-bond donors (Lipinski definition) is 2. The summed E-state index contributed by atoms with van der Waals surface area (Å²) in [7, 11) is 0. The van der Waals surface area contributed by atoms with E-state index in [4.69, 9.17) is 4.98 Å². The van der Waals surface area contributed by atoms with Gasteiger partial charge in [0.2, 0.25) is 0 Å². The van der Waals surface area contributed by atoms with Crippen LogP contribution < -0.4 is 0 Å². The molecule has 3 aromatic carbocycles. The van der Waals surface area contributed by atoms with E-state index in [-0.39, 0.29) is 0 Å². The number of imidazole rings is 1. The molecule has 0 atom stereocenters. The SMILES string of the molecule is C=C/C=C\c1c(-c2nc3c4ccccc4c4ccccc4c3[nH]2)c[nH]c1C. The molecule has 0 bridgehead atoms. The highest BCUT2D eigenvalue weighted by Gasteiger charge is 2.16. The van der Waals surface area contributed by atoms with Gasteiger partial charge in [-0.05, 0) is 17.7 Å². The molecule has 0 unspecified atom stereocenters. The highest BCUT2D eigenvalue weighted by Crippen LogP contribution is 2.36. The van der Waals surface area contributed by atoms with Gasteiger partial charge >= 0.3 is 0 Å². The Labute approximate surface area is 157 Å². The molecule has 27 heavy (non-hydrogen) atoms. The molecule has 5 rings (SSSR count). The Hall–Kier alpha value is -3.59. The summed E-state index contributed by atoms with van der Waals surface area (Å²) >= 11 is 0. The van der Waals surface area contributed by atoms with Gasteiger partial charge in [0.1, 0.15) is 5.82 Å². The molecule has 130 valence electrons. The number of nitrogens with one attached hydrogen (secondary N) is 2. The Kier molecular flexibility index (Phi) is 3.47. The lowest BCUT2D eigenvalue weighted by atomic mass is 10.0. The largest absolute Gasteiger partial charge is 0.364 e. The molecular weight excluding hydrogens is 330 g/mol. The molecule has 0 amide bonds. The lowest BCUT2D eigenvalue weighted by molar-refractivity contribution is 1.26. The Morgan fingerprint density at radius 1 is 0.926 bits per heavy atom. The highest BCUT2D eigenvalue weighted by molar-refractivity contribution is 6.23. The van der Waals surface area contributed by atoms with E-state index < -0.39 is 0 Å². The molecule has 0 saturated carbocycles. The van der Waals surface area contributed by atoms with Gasteiger partial charge < -0.3 is 9.97 Å². The van der Waals surface area contributed by atoms with Crippen molar-refractivity contribution in [2.75, 3.05) is 0 Å². The van der Waals surface area contributed by atoms with Gasteiger partial charge in [-0.25, -0.2) is 4.98 Å². The van der Waals surface area contributed by atoms with E-state index in [9.17, 15) is 0 Å². The minimum atomic E-state index is 0.875. The van der Waals surface area contributed by atoms with E-state index in [2.05, 4.69) is 78.1 Å². The number of benzene rings is 3. The van der Waals surface area contributed by atoms with Crippen LogP contribution in [0.5, 0.6) is 0 Å². The molecule has 0 aliphatic carbocycles. The summed E-state index contributed by atoms with van der Waals surface area (Å²) in [5.74, 6) is 0.875. The zero-order chi connectivity index (χ0) is 18.4. The van der Waals surface area contributed by atoms with Gasteiger partial charge in [0.05, 0.1) is 11.0 Å². The van der Waals surface area contributed by atoms with E-state index >= 15 is 0 Å². The lowest BCUT2D eigenvalue weighted by Crippen LogP contribution is -1.82. The van der Waals surface area contributed by atoms with Crippen molar-refractivity contribution in [3.05, 3.63) is 84.7 Å². The van der Waals surface area contributed by atoms with Gasteiger partial charge in [0.15, 0.2) is 0 Å². The number of aromatic nitrogens is 3. The average molecular weight is 349 g/mol. The van der Waals surface area contributed by atoms with Crippen molar-refractivity contribution < 1.29 is 0 Å². The fourth-order valence-electron chi connectivity index (χ4n) is 3.86. The van der Waals surface area contributed by atoms with Gasteiger partial charge in [-0.3, -0.25) is 0 Å². The van der Waals surface area contributed by atoms with E-state index in [0.29, 0.717) is 0 Å². The van der Waals surface area contributed by atoms with Crippen LogP contribution in [0.2, 0.25) is 0 Å². The lowest BCUT2D eigenvalue weighted by Gasteiger charge is -2.05. The predicted molar refractivity (Wildman–Crippen MR) is 115 cm³/mol. The number of aromatic amines is 2. The number of rotatable bonds is 3. The van der Waals surface area contributed by atoms with E-state index in [1.54, 1.807) is 6.08 Å². The summed E-state index contributed by atoms with van der Waals surface area (Å²) in [5.41, 5.74) is 5.39. The molecule has 0 spiro atoms. The second-order valence-corrected chi connectivity index (χ2v) is 6.74. The van der Waals surface area contributed by atoms with Crippen molar-refractivity contribution in [3.8, 4) is 11.4 Å². The highest BCUT2D eigenvalue weighted by atomic mass is 14.9. The van der Waals surface area contributed by atoms with Crippen molar-refractivity contribution in [2.45, 2.75) is 6.92 Å². The summed E-state index contributed by atoms with van der Waals surface area (Å²) < 4.78 is 0. The molecular formula is C24H19N3. The Balaban J connectivity index is 1.88. The molecule has 2 heterocycles. The van der Waals surface area contributed by atoms with Crippen LogP contribution in [-0.4, -0.2) is 15.0 Å². The van der Waals surface area contributed by atoms with Crippen LogP contribution >= 0.6 is 0 Å². The monoisotopic (exact) mass is 349 g/mol. The first-order valence-corrected chi connectivity index (χ1v) is 9.04. The van der Waals surface area contributed by atoms with Gasteiger partial charge in [-0.2, -0.15) is 0 Å². The number of fused-ring (bicyclic) bond motifs is 6. The minimum Gasteiger partial charge on any atom is -0.364 e. The molecule has 2 aromatic heterocycles. The van der Waals surface area contributed by atoms with Gasteiger partial charge in [0.25, 0.3) is 0 Å². The molecule has 3 heteroatoms. The van der Waals surface area contributed by atoms with Gasteiger partial charge in [-0.15, -0.1) is 0 Å². The molecule has 2 N–H and O–H groups in total. The van der Waals surface area contributed by atoms with Gasteiger partial charge in [0, 0.05) is 33.8 Å². The fourth-order valence-corrected chi connectivity index (χ4v) is 3.86. The molecule has 3 nitrogen and oxygen atoms in total. The maximum absolute atomic E-state index is 5.01. The number of aryl methyl sites for hydroxylation is 1. The second kappa shape index (κ2) is 5.99. The first kappa shape index (κ1) is 15.6. The summed E-state index contributed by atoms with van der Waals surface area (Å²) in [6.07, 6.45) is 7.82. The van der Waals surface area contributed by atoms with E-state index in [1.807, 2.05) is 12.3 Å². The predicted octanol–water partition coefficient (Wildman–Crippen LogP) is 6.37. The fraction of sp³-hybridized carbons (Fsp3) is 0.0417. The van der Waals surface area contributed by atoms with E-state index in [1.165, 1.54) is 21.5 Å². The van der Waals surface area contributed by atoms with Crippen molar-refractivity contribution >= 4 is 38.7 Å². The van der Waals surface area contributed by atoms with E-state index in [0.717, 1.165) is 33.7 Å². The standard InChI is InChI=1S/C24H19N3/c1-3-4-9-16-15(2)25-14-21(16)24-26-22-19-12-7-5-10-17(19)18-11-6-8-13-20(18)23(22)27-24/h3-14,25H,1H2,2H3,(H,26,27)/b9-4-. The normalized spacial score (nSPS) is 11.9. The smallest absolute Gasteiger partial charge is 0.140 e. The Morgan fingerprint density at radius 2 is 1.59 bits per heavy atom. The van der Waals surface area contributed by atoms with Crippen LogP contribution in [-0.2, 0) is 0 Å². The summed E-state index contributed by atoms with van der Waals surface area (Å²) in [6.45, 7) is 5.84. The topological polar surface area (TPSA) is 44.5 Å². The van der Waals surface area contributed by atoms with Crippen LogP contribution in [0.4, 0.5) is 0 Å².